The summed E-state index contributed by atoms with van der Waals surface area (Å²) in [7, 11) is -3.36. The highest BCUT2D eigenvalue weighted by Gasteiger charge is 2.25. The molecule has 0 bridgehead atoms. The predicted octanol–water partition coefficient (Wildman–Crippen LogP) is 6.85. The molecule has 0 unspecified atom stereocenters. The monoisotopic (exact) mass is 573 g/mol. The second-order valence-electron chi connectivity index (χ2n) is 8.99. The van der Waals surface area contributed by atoms with E-state index in [2.05, 4.69) is 10.4 Å². The fourth-order valence-corrected chi connectivity index (χ4v) is 5.67. The van der Waals surface area contributed by atoms with Crippen LogP contribution in [0.4, 0.5) is 0 Å². The Kier molecular flexibility index (Phi) is 7.07. The summed E-state index contributed by atoms with van der Waals surface area (Å²) in [6.07, 6.45) is 4.16. The highest BCUT2D eigenvalue weighted by molar-refractivity contribution is 7.90. The molecule has 1 aliphatic carbocycles. The van der Waals surface area contributed by atoms with Crippen molar-refractivity contribution in [1.82, 2.24) is 15.1 Å². The van der Waals surface area contributed by atoms with E-state index in [4.69, 9.17) is 34.8 Å². The highest BCUT2D eigenvalue weighted by Crippen LogP contribution is 2.37. The normalized spacial score (nSPS) is 13.8. The molecule has 1 aromatic heterocycles. The molecule has 6 nitrogen and oxygen atoms in total. The smallest absolute Gasteiger partial charge is 0.272 e. The van der Waals surface area contributed by atoms with Gasteiger partial charge in [-0.3, -0.25) is 4.79 Å². The number of aromatic nitrogens is 2. The minimum absolute atomic E-state index is 0.149. The first kappa shape index (κ1) is 25.8. The third-order valence-electron chi connectivity index (χ3n) is 6.37. The Hall–Kier alpha value is -2.84. The summed E-state index contributed by atoms with van der Waals surface area (Å²) in [5.41, 5.74) is 3.25. The van der Waals surface area contributed by atoms with Crippen molar-refractivity contribution in [3.8, 4) is 28.1 Å². The number of halogens is 3. The first-order valence-electron chi connectivity index (χ1n) is 11.6. The second kappa shape index (κ2) is 10.1. The molecular formula is C27H22Cl3N3O3S. The van der Waals surface area contributed by atoms with E-state index in [0.29, 0.717) is 37.6 Å². The topological polar surface area (TPSA) is 81.1 Å². The van der Waals surface area contributed by atoms with Gasteiger partial charge < -0.3 is 5.32 Å². The van der Waals surface area contributed by atoms with Crippen LogP contribution in [-0.4, -0.2) is 36.4 Å². The van der Waals surface area contributed by atoms with Gasteiger partial charge in [0.2, 0.25) is 0 Å². The van der Waals surface area contributed by atoms with Crippen LogP contribution >= 0.6 is 34.8 Å². The molecule has 37 heavy (non-hydrogen) atoms. The number of hydrogen-bond donors (Lipinski definition) is 1. The van der Waals surface area contributed by atoms with E-state index in [-0.39, 0.29) is 22.5 Å². The standard InChI is InChI=1S/C27H22Cl3N3O3S/c1-37(35,36)19-8-2-5-16(13-19)17-11-12-20(23(30)14-17)25-15-24(27(34)31-18-6-3-7-18)32-33(25)26-21(28)9-4-10-22(26)29/h2,4-5,8-15,18H,3,6-7H2,1H3,(H,31,34). The number of benzene rings is 3. The lowest BCUT2D eigenvalue weighted by atomic mass is 9.93. The molecule has 0 spiro atoms. The minimum atomic E-state index is -3.36. The van der Waals surface area contributed by atoms with E-state index >= 15 is 0 Å². The minimum Gasteiger partial charge on any atom is -0.348 e. The van der Waals surface area contributed by atoms with Gasteiger partial charge in [-0.15, -0.1) is 0 Å². The zero-order valence-electron chi connectivity index (χ0n) is 19.7. The Balaban J connectivity index is 1.60. The van der Waals surface area contributed by atoms with Gasteiger partial charge >= 0.3 is 0 Å². The van der Waals surface area contributed by atoms with E-state index in [0.717, 1.165) is 24.8 Å². The molecule has 0 radical (unpaired) electrons. The molecule has 1 heterocycles. The van der Waals surface area contributed by atoms with Gasteiger partial charge in [-0.05, 0) is 66.8 Å². The van der Waals surface area contributed by atoms with Gasteiger partial charge in [-0.25, -0.2) is 13.1 Å². The third kappa shape index (κ3) is 5.27. The van der Waals surface area contributed by atoms with Crippen molar-refractivity contribution in [1.29, 1.82) is 0 Å². The molecule has 1 amide bonds. The number of sulfone groups is 1. The van der Waals surface area contributed by atoms with Crippen LogP contribution in [0, 0.1) is 0 Å². The number of nitrogens with zero attached hydrogens (tertiary/aromatic N) is 2. The molecule has 1 N–H and O–H groups in total. The number of nitrogens with one attached hydrogen (secondary N) is 1. The van der Waals surface area contributed by atoms with E-state index in [1.54, 1.807) is 54.6 Å². The van der Waals surface area contributed by atoms with Crippen LogP contribution in [-0.2, 0) is 9.84 Å². The molecule has 10 heteroatoms. The number of hydrogen-bond acceptors (Lipinski definition) is 4. The molecule has 190 valence electrons. The van der Waals surface area contributed by atoms with Gasteiger partial charge in [0.1, 0.15) is 5.69 Å². The van der Waals surface area contributed by atoms with Gasteiger partial charge in [-0.1, -0.05) is 65.1 Å². The van der Waals surface area contributed by atoms with Crippen molar-refractivity contribution >= 4 is 50.5 Å². The number of amides is 1. The van der Waals surface area contributed by atoms with Crippen molar-refractivity contribution in [2.75, 3.05) is 6.26 Å². The quantitative estimate of drug-likeness (QED) is 0.273. The first-order chi connectivity index (χ1) is 17.6. The lowest BCUT2D eigenvalue weighted by Gasteiger charge is -2.25. The van der Waals surface area contributed by atoms with Crippen LogP contribution in [0.1, 0.15) is 29.8 Å². The zero-order valence-corrected chi connectivity index (χ0v) is 22.8. The summed E-state index contributed by atoms with van der Waals surface area (Å²) in [5, 5.41) is 8.69. The van der Waals surface area contributed by atoms with Crippen molar-refractivity contribution in [3.05, 3.63) is 87.5 Å². The Bertz CT molecular complexity index is 1610. The molecule has 1 saturated carbocycles. The molecular weight excluding hydrogens is 553 g/mol. The molecule has 3 aromatic carbocycles. The summed E-state index contributed by atoms with van der Waals surface area (Å²) in [6.45, 7) is 0. The number of carbonyl (C=O) groups excluding carboxylic acids is 1. The van der Waals surface area contributed by atoms with E-state index in [9.17, 15) is 13.2 Å². The Morgan fingerprint density at radius 3 is 2.22 bits per heavy atom. The average molecular weight is 575 g/mol. The largest absolute Gasteiger partial charge is 0.348 e. The lowest BCUT2D eigenvalue weighted by molar-refractivity contribution is 0.0911. The first-order valence-corrected chi connectivity index (χ1v) is 14.6. The summed E-state index contributed by atoms with van der Waals surface area (Å²) < 4.78 is 25.5. The zero-order chi connectivity index (χ0) is 26.3. The SMILES string of the molecule is CS(=O)(=O)c1cccc(-c2ccc(-c3cc(C(=O)NC4CCC4)nn3-c3c(Cl)cccc3Cl)c(Cl)c2)c1. The molecule has 1 aliphatic rings. The summed E-state index contributed by atoms with van der Waals surface area (Å²) >= 11 is 19.8. The molecule has 0 saturated heterocycles. The highest BCUT2D eigenvalue weighted by atomic mass is 35.5. The van der Waals surface area contributed by atoms with Crippen molar-refractivity contribution in [2.45, 2.75) is 30.2 Å². The number of rotatable bonds is 6. The summed E-state index contributed by atoms with van der Waals surface area (Å²) in [4.78, 5) is 13.2. The van der Waals surface area contributed by atoms with Crippen molar-refractivity contribution in [2.24, 2.45) is 0 Å². The average Bonchev–Trinajstić information content (AvgIpc) is 3.25. The van der Waals surface area contributed by atoms with Gasteiger partial charge in [0.05, 0.1) is 25.7 Å². The maximum atomic E-state index is 12.9. The second-order valence-corrected chi connectivity index (χ2v) is 12.2. The van der Waals surface area contributed by atoms with Gasteiger partial charge in [0.15, 0.2) is 15.5 Å². The number of para-hydroxylation sites is 1. The molecule has 5 rings (SSSR count). The fraction of sp³-hybridized carbons (Fsp3) is 0.185. The van der Waals surface area contributed by atoms with Crippen LogP contribution in [0.3, 0.4) is 0 Å². The Morgan fingerprint density at radius 1 is 0.919 bits per heavy atom. The van der Waals surface area contributed by atoms with Crippen LogP contribution in [0.15, 0.2) is 71.6 Å². The Morgan fingerprint density at radius 2 is 1.59 bits per heavy atom. The summed E-state index contributed by atoms with van der Waals surface area (Å²) in [5.74, 6) is -0.279. The Labute approximate surface area is 230 Å². The predicted molar refractivity (Wildman–Crippen MR) is 148 cm³/mol. The van der Waals surface area contributed by atoms with Crippen LogP contribution in [0.2, 0.25) is 15.1 Å². The molecule has 4 aromatic rings. The fourth-order valence-electron chi connectivity index (χ4n) is 4.17. The maximum absolute atomic E-state index is 12.9. The molecule has 0 atom stereocenters. The van der Waals surface area contributed by atoms with E-state index < -0.39 is 9.84 Å². The maximum Gasteiger partial charge on any atom is 0.272 e. The number of carbonyl (C=O) groups is 1. The van der Waals surface area contributed by atoms with E-state index in [1.165, 1.54) is 10.9 Å². The van der Waals surface area contributed by atoms with Gasteiger partial charge in [0, 0.05) is 17.9 Å². The van der Waals surface area contributed by atoms with E-state index in [1.807, 2.05) is 12.1 Å². The van der Waals surface area contributed by atoms with Gasteiger partial charge in [-0.2, -0.15) is 5.10 Å². The van der Waals surface area contributed by atoms with Crippen molar-refractivity contribution in [3.63, 3.8) is 0 Å². The van der Waals surface area contributed by atoms with Crippen molar-refractivity contribution < 1.29 is 13.2 Å². The van der Waals surface area contributed by atoms with Gasteiger partial charge in [0.25, 0.3) is 5.91 Å². The molecule has 0 aliphatic heterocycles. The molecule has 1 fully saturated rings. The van der Waals surface area contributed by atoms with Crippen LogP contribution < -0.4 is 5.32 Å². The van der Waals surface area contributed by atoms with Crippen LogP contribution in [0.25, 0.3) is 28.1 Å². The summed E-state index contributed by atoms with van der Waals surface area (Å²) in [6, 6.07) is 19.0. The third-order valence-corrected chi connectivity index (χ3v) is 8.41. The van der Waals surface area contributed by atoms with Crippen LogP contribution in [0.5, 0.6) is 0 Å². The lowest BCUT2D eigenvalue weighted by Crippen LogP contribution is -2.39.